The molecular weight excluding hydrogens is 254 g/mol. The van der Waals surface area contributed by atoms with Crippen LogP contribution in [0.25, 0.3) is 5.69 Å². The van der Waals surface area contributed by atoms with Gasteiger partial charge < -0.3 is 10.1 Å². The third-order valence-electron chi connectivity index (χ3n) is 2.38. The van der Waals surface area contributed by atoms with Crippen LogP contribution in [-0.4, -0.2) is 40.0 Å². The van der Waals surface area contributed by atoms with Crippen LogP contribution >= 0.6 is 11.6 Å². The maximum Gasteiger partial charge on any atom is 0.143 e. The first-order valence-corrected chi connectivity index (χ1v) is 5.87. The van der Waals surface area contributed by atoms with Crippen LogP contribution in [0.5, 0.6) is 0 Å². The minimum Gasteiger partial charge on any atom is -0.383 e. The monoisotopic (exact) mass is 267 g/mol. The van der Waals surface area contributed by atoms with E-state index in [0.717, 1.165) is 11.4 Å². The van der Waals surface area contributed by atoms with Crippen LogP contribution in [-0.2, 0) is 4.74 Å². The van der Waals surface area contributed by atoms with Gasteiger partial charge in [-0.3, -0.25) is 0 Å². The molecule has 1 heterocycles. The van der Waals surface area contributed by atoms with Crippen molar-refractivity contribution in [3.63, 3.8) is 0 Å². The lowest BCUT2D eigenvalue weighted by Crippen LogP contribution is -2.21. The first kappa shape index (κ1) is 12.8. The Morgan fingerprint density at radius 2 is 2.33 bits per heavy atom. The SMILES string of the molecule is COCC(C)Nc1cc(-n2cnnn2)ccc1Cl. The minimum atomic E-state index is 0.164. The lowest BCUT2D eigenvalue weighted by atomic mass is 10.2. The summed E-state index contributed by atoms with van der Waals surface area (Å²) in [5, 5.41) is 15.0. The minimum absolute atomic E-state index is 0.164. The first-order valence-electron chi connectivity index (χ1n) is 5.49. The molecule has 0 amide bonds. The molecule has 1 atom stereocenters. The molecule has 0 saturated heterocycles. The zero-order valence-electron chi connectivity index (χ0n) is 10.2. The fourth-order valence-electron chi connectivity index (χ4n) is 1.60. The van der Waals surface area contributed by atoms with Gasteiger partial charge in [0, 0.05) is 13.2 Å². The van der Waals surface area contributed by atoms with Crippen molar-refractivity contribution in [2.24, 2.45) is 0 Å². The summed E-state index contributed by atoms with van der Waals surface area (Å²) >= 11 is 6.14. The van der Waals surface area contributed by atoms with E-state index < -0.39 is 0 Å². The number of aromatic nitrogens is 4. The molecular formula is C11H14ClN5O. The van der Waals surface area contributed by atoms with Gasteiger partial charge in [-0.05, 0) is 35.5 Å². The molecule has 2 rings (SSSR count). The highest BCUT2D eigenvalue weighted by Crippen LogP contribution is 2.25. The Bertz CT molecular complexity index is 502. The summed E-state index contributed by atoms with van der Waals surface area (Å²) in [5.41, 5.74) is 1.67. The molecule has 0 radical (unpaired) electrons. The van der Waals surface area contributed by atoms with Crippen molar-refractivity contribution in [1.29, 1.82) is 0 Å². The second kappa shape index (κ2) is 5.79. The molecule has 96 valence electrons. The number of ether oxygens (including phenoxy) is 1. The zero-order chi connectivity index (χ0) is 13.0. The summed E-state index contributed by atoms with van der Waals surface area (Å²) in [6.07, 6.45) is 1.53. The van der Waals surface area contributed by atoms with E-state index in [9.17, 15) is 0 Å². The van der Waals surface area contributed by atoms with E-state index in [4.69, 9.17) is 16.3 Å². The van der Waals surface area contributed by atoms with E-state index in [-0.39, 0.29) is 6.04 Å². The number of anilines is 1. The molecule has 0 aliphatic carbocycles. The second-order valence-corrected chi connectivity index (χ2v) is 4.33. The van der Waals surface area contributed by atoms with Gasteiger partial charge in [0.2, 0.25) is 0 Å². The summed E-state index contributed by atoms with van der Waals surface area (Å²) in [6.45, 7) is 2.62. The Labute approximate surface area is 110 Å². The van der Waals surface area contributed by atoms with Crippen LogP contribution in [0.2, 0.25) is 5.02 Å². The highest BCUT2D eigenvalue weighted by Gasteiger charge is 2.07. The average molecular weight is 268 g/mol. The largest absolute Gasteiger partial charge is 0.383 e. The first-order chi connectivity index (χ1) is 8.70. The lowest BCUT2D eigenvalue weighted by Gasteiger charge is -2.16. The Balaban J connectivity index is 2.22. The molecule has 7 heteroatoms. The van der Waals surface area contributed by atoms with Gasteiger partial charge in [0.15, 0.2) is 0 Å². The van der Waals surface area contributed by atoms with Gasteiger partial charge in [-0.15, -0.1) is 5.10 Å². The van der Waals surface area contributed by atoms with E-state index >= 15 is 0 Å². The molecule has 1 unspecified atom stereocenters. The van der Waals surface area contributed by atoms with Gasteiger partial charge in [0.05, 0.1) is 23.0 Å². The van der Waals surface area contributed by atoms with Crippen molar-refractivity contribution in [2.45, 2.75) is 13.0 Å². The summed E-state index contributed by atoms with van der Waals surface area (Å²) in [5.74, 6) is 0. The van der Waals surface area contributed by atoms with Crippen LogP contribution in [0.15, 0.2) is 24.5 Å². The second-order valence-electron chi connectivity index (χ2n) is 3.92. The quantitative estimate of drug-likeness (QED) is 0.894. The van der Waals surface area contributed by atoms with Crippen LogP contribution in [0.4, 0.5) is 5.69 Å². The van der Waals surface area contributed by atoms with Crippen molar-refractivity contribution in [2.75, 3.05) is 19.0 Å². The summed E-state index contributed by atoms with van der Waals surface area (Å²) in [6, 6.07) is 5.72. The molecule has 0 aliphatic rings. The topological polar surface area (TPSA) is 64.9 Å². The standard InChI is InChI=1S/C11H14ClN5O/c1-8(6-18-2)14-11-5-9(3-4-10(11)12)17-7-13-15-16-17/h3-5,7-8,14H,6H2,1-2H3. The zero-order valence-corrected chi connectivity index (χ0v) is 10.9. The molecule has 0 saturated carbocycles. The number of rotatable bonds is 5. The normalized spacial score (nSPS) is 12.4. The van der Waals surface area contributed by atoms with E-state index in [1.807, 2.05) is 19.1 Å². The third kappa shape index (κ3) is 2.96. The van der Waals surface area contributed by atoms with Gasteiger partial charge in [0.25, 0.3) is 0 Å². The molecule has 18 heavy (non-hydrogen) atoms. The van der Waals surface area contributed by atoms with E-state index in [2.05, 4.69) is 20.8 Å². The van der Waals surface area contributed by atoms with Gasteiger partial charge in [-0.1, -0.05) is 11.6 Å². The predicted octanol–water partition coefficient (Wildman–Crippen LogP) is 1.76. The Morgan fingerprint density at radius 3 is 3.00 bits per heavy atom. The number of benzene rings is 1. The third-order valence-corrected chi connectivity index (χ3v) is 2.71. The van der Waals surface area contributed by atoms with Crippen LogP contribution < -0.4 is 5.32 Å². The number of tetrazole rings is 1. The number of halogens is 1. The van der Waals surface area contributed by atoms with E-state index in [0.29, 0.717) is 11.6 Å². The highest BCUT2D eigenvalue weighted by molar-refractivity contribution is 6.33. The Morgan fingerprint density at radius 1 is 1.50 bits per heavy atom. The molecule has 2 aromatic rings. The van der Waals surface area contributed by atoms with Crippen molar-refractivity contribution in [3.8, 4) is 5.69 Å². The molecule has 0 fully saturated rings. The number of hydrogen-bond donors (Lipinski definition) is 1. The van der Waals surface area contributed by atoms with Gasteiger partial charge >= 0.3 is 0 Å². The van der Waals surface area contributed by atoms with Crippen molar-refractivity contribution >= 4 is 17.3 Å². The van der Waals surface area contributed by atoms with Crippen LogP contribution in [0.3, 0.4) is 0 Å². The lowest BCUT2D eigenvalue weighted by molar-refractivity contribution is 0.190. The molecule has 0 bridgehead atoms. The van der Waals surface area contributed by atoms with Crippen molar-refractivity contribution in [1.82, 2.24) is 20.2 Å². The molecule has 0 aliphatic heterocycles. The molecule has 1 aromatic carbocycles. The van der Waals surface area contributed by atoms with Gasteiger partial charge in [-0.2, -0.15) is 0 Å². The van der Waals surface area contributed by atoms with E-state index in [1.165, 1.54) is 6.33 Å². The smallest absolute Gasteiger partial charge is 0.143 e. The van der Waals surface area contributed by atoms with Crippen LogP contribution in [0.1, 0.15) is 6.92 Å². The van der Waals surface area contributed by atoms with Crippen molar-refractivity contribution < 1.29 is 4.74 Å². The van der Waals surface area contributed by atoms with Gasteiger partial charge in [0.1, 0.15) is 6.33 Å². The molecule has 1 aromatic heterocycles. The highest BCUT2D eigenvalue weighted by atomic mass is 35.5. The fraction of sp³-hybridized carbons (Fsp3) is 0.364. The Hall–Kier alpha value is -1.66. The van der Waals surface area contributed by atoms with Crippen molar-refractivity contribution in [3.05, 3.63) is 29.5 Å². The number of hydrogen-bond acceptors (Lipinski definition) is 5. The molecule has 6 nitrogen and oxygen atoms in total. The molecule has 0 spiro atoms. The maximum atomic E-state index is 6.14. The predicted molar refractivity (Wildman–Crippen MR) is 69.1 cm³/mol. The molecule has 1 N–H and O–H groups in total. The number of methoxy groups -OCH3 is 1. The number of nitrogens with one attached hydrogen (secondary N) is 1. The van der Waals surface area contributed by atoms with Gasteiger partial charge in [-0.25, -0.2) is 4.68 Å². The fourth-order valence-corrected chi connectivity index (χ4v) is 1.78. The summed E-state index contributed by atoms with van der Waals surface area (Å²) in [4.78, 5) is 0. The van der Waals surface area contributed by atoms with E-state index in [1.54, 1.807) is 17.9 Å². The van der Waals surface area contributed by atoms with Crippen LogP contribution in [0, 0.1) is 0 Å². The average Bonchev–Trinajstić information content (AvgIpc) is 2.86. The number of nitrogens with zero attached hydrogens (tertiary/aromatic N) is 4. The summed E-state index contributed by atoms with van der Waals surface area (Å²) in [7, 11) is 1.66. The maximum absolute atomic E-state index is 6.14. The summed E-state index contributed by atoms with van der Waals surface area (Å²) < 4.78 is 6.65. The Kier molecular flexibility index (Phi) is 4.11.